The average Bonchev–Trinajstić information content (AvgIpc) is 3.02. The molecule has 1 aromatic heterocycles. The number of ether oxygens (including phenoxy) is 1. The van der Waals surface area contributed by atoms with Gasteiger partial charge >= 0.3 is 6.09 Å². The zero-order valence-corrected chi connectivity index (χ0v) is 18.8. The molecule has 2 heterocycles. The Balaban J connectivity index is 1.88. The van der Waals surface area contributed by atoms with Crippen molar-refractivity contribution in [1.82, 2.24) is 14.9 Å². The molecular formula is C22H31N5O4. The first-order valence-electron chi connectivity index (χ1n) is 10.6. The van der Waals surface area contributed by atoms with Crippen LogP contribution in [0.3, 0.4) is 0 Å². The maximum Gasteiger partial charge on any atom is 0.407 e. The quantitative estimate of drug-likeness (QED) is 0.429. The van der Waals surface area contributed by atoms with Crippen molar-refractivity contribution in [2.75, 3.05) is 18.0 Å². The monoisotopic (exact) mass is 429 g/mol. The van der Waals surface area contributed by atoms with Crippen molar-refractivity contribution in [3.05, 3.63) is 40.0 Å². The van der Waals surface area contributed by atoms with Gasteiger partial charge in [-0.05, 0) is 53.5 Å². The van der Waals surface area contributed by atoms with Gasteiger partial charge in [-0.15, -0.1) is 0 Å². The second kappa shape index (κ2) is 8.95. The number of nitro benzene ring substituents is 1. The van der Waals surface area contributed by atoms with Gasteiger partial charge < -0.3 is 19.5 Å². The van der Waals surface area contributed by atoms with Crippen LogP contribution in [0.15, 0.2) is 29.8 Å². The van der Waals surface area contributed by atoms with Crippen molar-refractivity contribution in [2.24, 2.45) is 0 Å². The fourth-order valence-electron chi connectivity index (χ4n) is 3.67. The zero-order chi connectivity index (χ0) is 22.8. The summed E-state index contributed by atoms with van der Waals surface area (Å²) >= 11 is 0. The summed E-state index contributed by atoms with van der Waals surface area (Å²) in [4.78, 5) is 29.9. The molecule has 0 spiro atoms. The Morgan fingerprint density at radius 1 is 1.39 bits per heavy atom. The van der Waals surface area contributed by atoms with E-state index in [1.165, 1.54) is 17.7 Å². The molecule has 1 amide bonds. The number of rotatable bonds is 5. The van der Waals surface area contributed by atoms with E-state index < -0.39 is 16.6 Å². The maximum absolute atomic E-state index is 12.2. The number of fused-ring (bicyclic) bond motifs is 1. The number of nitro groups is 1. The van der Waals surface area contributed by atoms with Gasteiger partial charge in [0.25, 0.3) is 5.69 Å². The minimum atomic E-state index is -0.550. The largest absolute Gasteiger partial charge is 0.444 e. The molecule has 1 atom stereocenters. The first-order valence-corrected chi connectivity index (χ1v) is 10.6. The van der Waals surface area contributed by atoms with Gasteiger partial charge in [0.2, 0.25) is 5.95 Å². The van der Waals surface area contributed by atoms with Gasteiger partial charge in [-0.2, -0.15) is 0 Å². The molecule has 1 saturated heterocycles. The first kappa shape index (κ1) is 22.6. The van der Waals surface area contributed by atoms with Crippen molar-refractivity contribution in [2.45, 2.75) is 65.6 Å². The number of carbonyl (C=O) groups is 1. The van der Waals surface area contributed by atoms with Gasteiger partial charge in [0.05, 0.1) is 16.0 Å². The molecule has 9 heteroatoms. The summed E-state index contributed by atoms with van der Waals surface area (Å²) in [6.07, 6.45) is 3.43. The van der Waals surface area contributed by atoms with Gasteiger partial charge in [-0.3, -0.25) is 10.1 Å². The van der Waals surface area contributed by atoms with Gasteiger partial charge in [0, 0.05) is 37.8 Å². The van der Waals surface area contributed by atoms with E-state index in [0.717, 1.165) is 30.9 Å². The summed E-state index contributed by atoms with van der Waals surface area (Å²) in [7, 11) is 0. The van der Waals surface area contributed by atoms with Crippen LogP contribution in [0.4, 0.5) is 16.4 Å². The number of anilines is 1. The number of imidazole rings is 1. The minimum Gasteiger partial charge on any atom is -0.444 e. The number of allylic oxidation sites excluding steroid dienone is 2. The molecule has 0 unspecified atom stereocenters. The number of carbonyl (C=O) groups excluding carboxylic acids is 1. The van der Waals surface area contributed by atoms with Crippen LogP contribution in [0.5, 0.6) is 0 Å². The van der Waals surface area contributed by atoms with Crippen LogP contribution < -0.4 is 10.2 Å². The van der Waals surface area contributed by atoms with E-state index in [2.05, 4.69) is 20.9 Å². The Labute approximate surface area is 182 Å². The van der Waals surface area contributed by atoms with Crippen molar-refractivity contribution in [1.29, 1.82) is 0 Å². The van der Waals surface area contributed by atoms with E-state index in [1.807, 2.05) is 34.6 Å². The van der Waals surface area contributed by atoms with E-state index in [9.17, 15) is 14.9 Å². The van der Waals surface area contributed by atoms with Crippen molar-refractivity contribution < 1.29 is 14.5 Å². The molecule has 1 aromatic carbocycles. The molecule has 1 aliphatic rings. The molecule has 1 aliphatic heterocycles. The third-order valence-electron chi connectivity index (χ3n) is 5.03. The average molecular weight is 430 g/mol. The number of hydrogen-bond donors (Lipinski definition) is 1. The van der Waals surface area contributed by atoms with Crippen molar-refractivity contribution >= 4 is 28.8 Å². The van der Waals surface area contributed by atoms with Crippen LogP contribution in [-0.2, 0) is 11.3 Å². The molecule has 0 radical (unpaired) electrons. The third-order valence-corrected chi connectivity index (χ3v) is 5.03. The highest BCUT2D eigenvalue weighted by Crippen LogP contribution is 2.28. The Kier molecular flexibility index (Phi) is 6.52. The van der Waals surface area contributed by atoms with E-state index in [4.69, 9.17) is 9.72 Å². The molecular weight excluding hydrogens is 398 g/mol. The number of nitrogens with one attached hydrogen (secondary N) is 1. The fraction of sp³-hybridized carbons (Fsp3) is 0.545. The molecule has 1 fully saturated rings. The molecule has 0 aliphatic carbocycles. The van der Waals surface area contributed by atoms with Crippen LogP contribution in [0.2, 0.25) is 0 Å². The zero-order valence-electron chi connectivity index (χ0n) is 18.8. The molecule has 31 heavy (non-hydrogen) atoms. The Hall–Kier alpha value is -3.10. The summed E-state index contributed by atoms with van der Waals surface area (Å²) in [6.45, 7) is 11.6. The number of non-ortho nitro benzene ring substituents is 1. The highest BCUT2D eigenvalue weighted by atomic mass is 16.6. The second-order valence-corrected chi connectivity index (χ2v) is 9.17. The molecule has 1 N–H and O–H groups in total. The molecule has 2 aromatic rings. The van der Waals surface area contributed by atoms with Crippen molar-refractivity contribution in [3.63, 3.8) is 0 Å². The lowest BCUT2D eigenvalue weighted by Crippen LogP contribution is -2.49. The van der Waals surface area contributed by atoms with E-state index in [0.29, 0.717) is 18.6 Å². The van der Waals surface area contributed by atoms with E-state index in [1.54, 1.807) is 6.07 Å². The van der Waals surface area contributed by atoms with Gasteiger partial charge in [-0.25, -0.2) is 9.78 Å². The summed E-state index contributed by atoms with van der Waals surface area (Å²) in [5.74, 6) is 0.753. The van der Waals surface area contributed by atoms with Crippen molar-refractivity contribution in [3.8, 4) is 0 Å². The lowest BCUT2D eigenvalue weighted by atomic mass is 10.1. The number of nitrogens with zero attached hydrogens (tertiary/aromatic N) is 4. The number of benzene rings is 1. The number of hydrogen-bond acceptors (Lipinski definition) is 6. The molecule has 0 saturated carbocycles. The number of amides is 1. The number of alkyl carbamates (subject to hydrolysis) is 1. The normalized spacial score (nSPS) is 16.8. The molecule has 0 bridgehead atoms. The highest BCUT2D eigenvalue weighted by Gasteiger charge is 2.27. The fourth-order valence-corrected chi connectivity index (χ4v) is 3.67. The summed E-state index contributed by atoms with van der Waals surface area (Å²) in [5.41, 5.74) is 2.09. The van der Waals surface area contributed by atoms with Crippen LogP contribution in [0, 0.1) is 10.1 Å². The lowest BCUT2D eigenvalue weighted by molar-refractivity contribution is -0.384. The SMILES string of the molecule is CC(C)=CCn1c(N2CCC[C@@H](NC(=O)OC(C)(C)C)C2)nc2cc([N+](=O)[O-])ccc21. The van der Waals surface area contributed by atoms with Gasteiger partial charge in [-0.1, -0.05) is 11.6 Å². The standard InChI is InChI=1S/C22H31N5O4/c1-15(2)10-12-26-19-9-8-17(27(29)30)13-18(19)24-20(26)25-11-6-7-16(14-25)23-21(28)31-22(3,4)5/h8-10,13,16H,6-7,11-12,14H2,1-5H3,(H,23,28)/t16-/m1/s1. The van der Waals surface area contributed by atoms with Gasteiger partial charge in [0.15, 0.2) is 0 Å². The Morgan fingerprint density at radius 2 is 2.13 bits per heavy atom. The smallest absolute Gasteiger partial charge is 0.407 e. The summed E-state index contributed by atoms with van der Waals surface area (Å²) in [6, 6.07) is 4.71. The van der Waals surface area contributed by atoms with Crippen LogP contribution >= 0.6 is 0 Å². The number of aromatic nitrogens is 2. The highest BCUT2D eigenvalue weighted by molar-refractivity contribution is 5.81. The molecule has 9 nitrogen and oxygen atoms in total. The lowest BCUT2D eigenvalue weighted by Gasteiger charge is -2.34. The van der Waals surface area contributed by atoms with Gasteiger partial charge in [0.1, 0.15) is 5.60 Å². The molecule has 3 rings (SSSR count). The number of piperidine rings is 1. The summed E-state index contributed by atoms with van der Waals surface area (Å²) in [5, 5.41) is 14.2. The van der Waals surface area contributed by atoms with Crippen LogP contribution in [-0.4, -0.2) is 45.3 Å². The maximum atomic E-state index is 12.2. The predicted octanol–water partition coefficient (Wildman–Crippen LogP) is 4.40. The summed E-state index contributed by atoms with van der Waals surface area (Å²) < 4.78 is 7.46. The van der Waals surface area contributed by atoms with Crippen LogP contribution in [0.25, 0.3) is 11.0 Å². The third kappa shape index (κ3) is 5.74. The first-order chi connectivity index (χ1) is 14.5. The topological polar surface area (TPSA) is 103 Å². The molecule has 168 valence electrons. The Morgan fingerprint density at radius 3 is 2.77 bits per heavy atom. The van der Waals surface area contributed by atoms with E-state index in [-0.39, 0.29) is 11.7 Å². The second-order valence-electron chi connectivity index (χ2n) is 9.17. The predicted molar refractivity (Wildman–Crippen MR) is 120 cm³/mol. The Bertz CT molecular complexity index is 1000. The van der Waals surface area contributed by atoms with E-state index >= 15 is 0 Å². The minimum absolute atomic E-state index is 0.0222. The van der Waals surface area contributed by atoms with Crippen LogP contribution in [0.1, 0.15) is 47.5 Å².